The zero-order valence-electron chi connectivity index (χ0n) is 13.1. The average molecular weight is 275 g/mol. The van der Waals surface area contributed by atoms with E-state index in [0.717, 1.165) is 11.8 Å². The van der Waals surface area contributed by atoms with Gasteiger partial charge in [-0.05, 0) is 63.1 Å². The molecular weight excluding hydrogens is 246 g/mol. The molecule has 2 aliphatic rings. The summed E-state index contributed by atoms with van der Waals surface area (Å²) in [7, 11) is 2.27. The number of aryl methyl sites for hydroxylation is 1. The second-order valence-electron chi connectivity index (χ2n) is 6.92. The predicted octanol–water partition coefficient (Wildman–Crippen LogP) is 3.20. The van der Waals surface area contributed by atoms with Crippen LogP contribution in [-0.2, 0) is 19.3 Å². The Morgan fingerprint density at radius 1 is 1.20 bits per heavy atom. The maximum Gasteiger partial charge on any atom is 0.0657 e. The normalized spacial score (nSPS) is 26.3. The first-order valence-electron chi connectivity index (χ1n) is 8.51. The third-order valence-corrected chi connectivity index (χ3v) is 5.33. The van der Waals surface area contributed by atoms with Crippen LogP contribution in [0.4, 0.5) is 0 Å². The van der Waals surface area contributed by atoms with Crippen LogP contribution in [-0.4, -0.2) is 35.2 Å². The molecule has 0 aromatic carbocycles. The molecule has 2 heterocycles. The van der Waals surface area contributed by atoms with Crippen molar-refractivity contribution in [3.63, 3.8) is 0 Å². The Bertz CT molecular complexity index is 437. The van der Waals surface area contributed by atoms with Gasteiger partial charge in [0.25, 0.3) is 0 Å². The number of likely N-dealkylation sites (tertiary alicyclic amines) is 1. The quantitative estimate of drug-likeness (QED) is 0.837. The van der Waals surface area contributed by atoms with Crippen molar-refractivity contribution in [1.82, 2.24) is 15.1 Å². The van der Waals surface area contributed by atoms with Crippen molar-refractivity contribution in [2.24, 2.45) is 11.8 Å². The van der Waals surface area contributed by atoms with E-state index < -0.39 is 0 Å². The lowest BCUT2D eigenvalue weighted by Gasteiger charge is -2.39. The molecule has 1 saturated heterocycles. The standard InChI is InChI=1S/C17H29N3/c1-3-4-5-6-7-16-15-10-14-12-20(2)9-8-13(14)11-17(15)19-18-16/h13-14H,3-12H2,1-2H3,(H,18,19)/t13-,14+/m0/s1. The number of rotatable bonds is 5. The summed E-state index contributed by atoms with van der Waals surface area (Å²) in [6.07, 6.45) is 10.4. The van der Waals surface area contributed by atoms with Gasteiger partial charge in [-0.15, -0.1) is 0 Å². The highest BCUT2D eigenvalue weighted by atomic mass is 15.1. The van der Waals surface area contributed by atoms with Crippen LogP contribution >= 0.6 is 0 Å². The fraction of sp³-hybridized carbons (Fsp3) is 0.824. The number of hydrogen-bond donors (Lipinski definition) is 1. The van der Waals surface area contributed by atoms with Gasteiger partial charge in [0.2, 0.25) is 0 Å². The molecule has 3 rings (SSSR count). The molecule has 1 N–H and O–H groups in total. The number of nitrogens with one attached hydrogen (secondary N) is 1. The molecule has 2 atom stereocenters. The second kappa shape index (κ2) is 6.30. The molecule has 20 heavy (non-hydrogen) atoms. The van der Waals surface area contributed by atoms with E-state index in [9.17, 15) is 0 Å². The van der Waals surface area contributed by atoms with Crippen molar-refractivity contribution in [3.05, 3.63) is 17.0 Å². The number of H-pyrrole nitrogens is 1. The van der Waals surface area contributed by atoms with Gasteiger partial charge in [0.15, 0.2) is 0 Å². The molecule has 1 fully saturated rings. The topological polar surface area (TPSA) is 31.9 Å². The van der Waals surface area contributed by atoms with E-state index in [4.69, 9.17) is 0 Å². The Kier molecular flexibility index (Phi) is 4.45. The smallest absolute Gasteiger partial charge is 0.0657 e. The van der Waals surface area contributed by atoms with E-state index >= 15 is 0 Å². The van der Waals surface area contributed by atoms with E-state index in [2.05, 4.69) is 29.1 Å². The highest BCUT2D eigenvalue weighted by Gasteiger charge is 2.34. The van der Waals surface area contributed by atoms with Gasteiger partial charge < -0.3 is 4.90 Å². The Balaban J connectivity index is 1.64. The van der Waals surface area contributed by atoms with Crippen molar-refractivity contribution in [3.8, 4) is 0 Å². The molecule has 1 aliphatic heterocycles. The largest absolute Gasteiger partial charge is 0.306 e. The first kappa shape index (κ1) is 14.1. The highest BCUT2D eigenvalue weighted by Crippen LogP contribution is 2.36. The molecule has 0 amide bonds. The number of hydrogen-bond acceptors (Lipinski definition) is 2. The maximum atomic E-state index is 4.63. The SMILES string of the molecule is CCCCCCc1n[nH]c2c1C[C@@H]1CN(C)CC[C@H]1C2. The van der Waals surface area contributed by atoms with Gasteiger partial charge in [-0.2, -0.15) is 5.10 Å². The van der Waals surface area contributed by atoms with Crippen molar-refractivity contribution >= 4 is 0 Å². The molecular formula is C17H29N3. The molecule has 1 aliphatic carbocycles. The minimum atomic E-state index is 0.869. The number of aromatic nitrogens is 2. The Hall–Kier alpha value is -0.830. The summed E-state index contributed by atoms with van der Waals surface area (Å²) >= 11 is 0. The first-order valence-corrected chi connectivity index (χ1v) is 8.51. The summed E-state index contributed by atoms with van der Waals surface area (Å²) in [6, 6.07) is 0. The van der Waals surface area contributed by atoms with Gasteiger partial charge in [0.1, 0.15) is 0 Å². The number of unbranched alkanes of at least 4 members (excludes halogenated alkanes) is 3. The minimum Gasteiger partial charge on any atom is -0.306 e. The van der Waals surface area contributed by atoms with E-state index in [-0.39, 0.29) is 0 Å². The molecule has 112 valence electrons. The third-order valence-electron chi connectivity index (χ3n) is 5.33. The Morgan fingerprint density at radius 2 is 2.10 bits per heavy atom. The number of nitrogens with zero attached hydrogens (tertiary/aromatic N) is 2. The lowest BCUT2D eigenvalue weighted by atomic mass is 9.74. The monoisotopic (exact) mass is 275 g/mol. The molecule has 3 heteroatoms. The van der Waals surface area contributed by atoms with Crippen LogP contribution in [0.25, 0.3) is 0 Å². The van der Waals surface area contributed by atoms with Gasteiger partial charge in [-0.25, -0.2) is 0 Å². The molecule has 0 radical (unpaired) electrons. The van der Waals surface area contributed by atoms with E-state index in [0.29, 0.717) is 0 Å². The summed E-state index contributed by atoms with van der Waals surface area (Å²) < 4.78 is 0. The van der Waals surface area contributed by atoms with Crippen LogP contribution in [0.3, 0.4) is 0 Å². The maximum absolute atomic E-state index is 4.63. The van der Waals surface area contributed by atoms with Crippen LogP contribution in [0, 0.1) is 11.8 Å². The number of fused-ring (bicyclic) bond motifs is 2. The van der Waals surface area contributed by atoms with Crippen LogP contribution in [0.15, 0.2) is 0 Å². The lowest BCUT2D eigenvalue weighted by Crippen LogP contribution is -2.41. The Morgan fingerprint density at radius 3 is 2.95 bits per heavy atom. The van der Waals surface area contributed by atoms with E-state index in [1.165, 1.54) is 75.8 Å². The summed E-state index contributed by atoms with van der Waals surface area (Å²) in [5, 5.41) is 7.98. The van der Waals surface area contributed by atoms with Crippen LogP contribution in [0.5, 0.6) is 0 Å². The van der Waals surface area contributed by atoms with Gasteiger partial charge >= 0.3 is 0 Å². The molecule has 0 spiro atoms. The molecule has 0 unspecified atom stereocenters. The van der Waals surface area contributed by atoms with Gasteiger partial charge in [-0.1, -0.05) is 26.2 Å². The lowest BCUT2D eigenvalue weighted by molar-refractivity contribution is 0.133. The van der Waals surface area contributed by atoms with Crippen LogP contribution in [0.1, 0.15) is 56.0 Å². The van der Waals surface area contributed by atoms with Gasteiger partial charge in [0, 0.05) is 12.2 Å². The molecule has 3 nitrogen and oxygen atoms in total. The predicted molar refractivity (Wildman–Crippen MR) is 82.9 cm³/mol. The molecule has 0 bridgehead atoms. The van der Waals surface area contributed by atoms with Crippen LogP contribution < -0.4 is 0 Å². The van der Waals surface area contributed by atoms with Gasteiger partial charge in [0.05, 0.1) is 5.69 Å². The fourth-order valence-electron chi connectivity index (χ4n) is 4.07. The second-order valence-corrected chi connectivity index (χ2v) is 6.92. The van der Waals surface area contributed by atoms with E-state index in [1.54, 1.807) is 5.56 Å². The summed E-state index contributed by atoms with van der Waals surface area (Å²) in [6.45, 7) is 4.83. The zero-order valence-corrected chi connectivity index (χ0v) is 13.1. The van der Waals surface area contributed by atoms with Crippen molar-refractivity contribution < 1.29 is 0 Å². The molecule has 1 aromatic heterocycles. The minimum absolute atomic E-state index is 0.869. The van der Waals surface area contributed by atoms with Gasteiger partial charge in [-0.3, -0.25) is 5.10 Å². The molecule has 0 saturated carbocycles. The summed E-state index contributed by atoms with van der Waals surface area (Å²) in [5.41, 5.74) is 4.42. The summed E-state index contributed by atoms with van der Waals surface area (Å²) in [5.74, 6) is 1.76. The number of piperidine rings is 1. The van der Waals surface area contributed by atoms with Crippen molar-refractivity contribution in [2.75, 3.05) is 20.1 Å². The third kappa shape index (κ3) is 2.93. The van der Waals surface area contributed by atoms with Crippen molar-refractivity contribution in [1.29, 1.82) is 0 Å². The zero-order chi connectivity index (χ0) is 13.9. The average Bonchev–Trinajstić information content (AvgIpc) is 2.83. The first-order chi connectivity index (χ1) is 9.78. The van der Waals surface area contributed by atoms with Crippen LogP contribution in [0.2, 0.25) is 0 Å². The number of aromatic amines is 1. The molecule has 1 aromatic rings. The van der Waals surface area contributed by atoms with E-state index in [1.807, 2.05) is 0 Å². The summed E-state index contributed by atoms with van der Waals surface area (Å²) in [4.78, 5) is 2.51. The highest BCUT2D eigenvalue weighted by molar-refractivity contribution is 5.29. The van der Waals surface area contributed by atoms with Crippen molar-refractivity contribution in [2.45, 2.75) is 58.3 Å². The Labute approximate surface area is 123 Å². The fourth-order valence-corrected chi connectivity index (χ4v) is 4.07.